The van der Waals surface area contributed by atoms with Gasteiger partial charge < -0.3 is 14.2 Å². The molecule has 0 amide bonds. The lowest BCUT2D eigenvalue weighted by Gasteiger charge is -2.09. The first-order chi connectivity index (χ1) is 12.6. The number of carbonyl (C=O) groups excluding carboxylic acids is 2. The van der Waals surface area contributed by atoms with E-state index in [0.717, 1.165) is 16.3 Å². The van der Waals surface area contributed by atoms with Crippen molar-refractivity contribution in [2.45, 2.75) is 6.61 Å². The van der Waals surface area contributed by atoms with E-state index >= 15 is 0 Å². The lowest BCUT2D eigenvalue weighted by atomic mass is 10.1. The predicted octanol–water partition coefficient (Wildman–Crippen LogP) is 4.02. The first-order valence-electron chi connectivity index (χ1n) is 7.52. The third-order valence-corrected chi connectivity index (χ3v) is 5.08. The Morgan fingerprint density at radius 3 is 2.31 bits per heavy atom. The molecule has 0 saturated carbocycles. The zero-order valence-corrected chi connectivity index (χ0v) is 15.7. The zero-order chi connectivity index (χ0) is 18.5. The van der Waals surface area contributed by atoms with Crippen LogP contribution < -0.4 is 4.74 Å². The van der Waals surface area contributed by atoms with Gasteiger partial charge in [-0.2, -0.15) is 11.3 Å². The first kappa shape index (κ1) is 18.1. The molecule has 0 aliphatic heterocycles. The molecule has 1 aromatic carbocycles. The number of thiophene rings is 1. The summed E-state index contributed by atoms with van der Waals surface area (Å²) in [6.45, 7) is 0.214. The van der Waals surface area contributed by atoms with Crippen molar-refractivity contribution >= 4 is 34.6 Å². The molecule has 3 rings (SSSR count). The molecular formula is C18H15NO5S2. The summed E-state index contributed by atoms with van der Waals surface area (Å²) in [6.07, 6.45) is 0. The Hall–Kier alpha value is -2.71. The van der Waals surface area contributed by atoms with Crippen LogP contribution >= 0.6 is 22.7 Å². The van der Waals surface area contributed by atoms with Crippen LogP contribution in [0.4, 0.5) is 0 Å². The second-order valence-corrected chi connectivity index (χ2v) is 6.81. The van der Waals surface area contributed by atoms with Crippen LogP contribution in [0.1, 0.15) is 26.4 Å². The highest BCUT2D eigenvalue weighted by atomic mass is 32.1. The van der Waals surface area contributed by atoms with Gasteiger partial charge in [-0.25, -0.2) is 14.6 Å². The third-order valence-electron chi connectivity index (χ3n) is 3.46. The highest BCUT2D eigenvalue weighted by Gasteiger charge is 2.15. The summed E-state index contributed by atoms with van der Waals surface area (Å²) >= 11 is 3.15. The highest BCUT2D eigenvalue weighted by molar-refractivity contribution is 7.14. The van der Waals surface area contributed by atoms with E-state index in [0.29, 0.717) is 5.75 Å². The van der Waals surface area contributed by atoms with Crippen LogP contribution in [0.5, 0.6) is 5.75 Å². The van der Waals surface area contributed by atoms with Gasteiger partial charge in [-0.3, -0.25) is 0 Å². The molecule has 0 fully saturated rings. The molecule has 0 aliphatic carbocycles. The normalized spacial score (nSPS) is 10.4. The standard InChI is InChI=1S/C18H15NO5S2/c1-22-17(20)12-5-13(18(21)23-2)7-15(6-12)24-8-14-10-26-16(19-14)11-3-4-25-9-11/h3-7,9-10H,8H2,1-2H3. The molecule has 8 heteroatoms. The molecule has 2 aromatic heterocycles. The van der Waals surface area contributed by atoms with Crippen LogP contribution in [0.25, 0.3) is 10.6 Å². The van der Waals surface area contributed by atoms with Crippen molar-refractivity contribution in [2.24, 2.45) is 0 Å². The summed E-state index contributed by atoms with van der Waals surface area (Å²) in [5.74, 6) is -0.763. The maximum absolute atomic E-state index is 11.8. The predicted molar refractivity (Wildman–Crippen MR) is 98.9 cm³/mol. The van der Waals surface area contributed by atoms with Crippen LogP contribution in [0.15, 0.2) is 40.4 Å². The second kappa shape index (κ2) is 8.11. The van der Waals surface area contributed by atoms with E-state index in [1.807, 2.05) is 22.2 Å². The van der Waals surface area contributed by atoms with Crippen molar-refractivity contribution in [3.63, 3.8) is 0 Å². The number of rotatable bonds is 6. The quantitative estimate of drug-likeness (QED) is 0.593. The van der Waals surface area contributed by atoms with Gasteiger partial charge in [-0.15, -0.1) is 11.3 Å². The Balaban J connectivity index is 1.78. The molecule has 0 N–H and O–H groups in total. The lowest BCUT2D eigenvalue weighted by Crippen LogP contribution is -2.08. The van der Waals surface area contributed by atoms with Gasteiger partial charge in [0.05, 0.1) is 31.0 Å². The molecule has 134 valence electrons. The average Bonchev–Trinajstić information content (AvgIpc) is 3.36. The highest BCUT2D eigenvalue weighted by Crippen LogP contribution is 2.26. The van der Waals surface area contributed by atoms with Crippen LogP contribution in [0, 0.1) is 0 Å². The van der Waals surface area contributed by atoms with E-state index in [-0.39, 0.29) is 17.7 Å². The number of carbonyl (C=O) groups is 2. The van der Waals surface area contributed by atoms with Gasteiger partial charge >= 0.3 is 11.9 Å². The van der Waals surface area contributed by atoms with Gasteiger partial charge in [0.25, 0.3) is 0 Å². The Kier molecular flexibility index (Phi) is 5.65. The fourth-order valence-corrected chi connectivity index (χ4v) is 3.72. The van der Waals surface area contributed by atoms with E-state index < -0.39 is 11.9 Å². The Labute approximate surface area is 158 Å². The molecule has 2 heterocycles. The van der Waals surface area contributed by atoms with Crippen molar-refractivity contribution in [1.82, 2.24) is 4.98 Å². The van der Waals surface area contributed by atoms with E-state index in [2.05, 4.69) is 4.98 Å². The van der Waals surface area contributed by atoms with Crippen molar-refractivity contribution in [3.8, 4) is 16.3 Å². The summed E-state index contributed by atoms with van der Waals surface area (Å²) in [5.41, 5.74) is 2.26. The van der Waals surface area contributed by atoms with E-state index in [1.165, 1.54) is 43.8 Å². The summed E-state index contributed by atoms with van der Waals surface area (Å²) < 4.78 is 15.1. The van der Waals surface area contributed by atoms with Gasteiger partial charge in [-0.1, -0.05) is 0 Å². The molecule has 0 atom stereocenters. The number of esters is 2. The van der Waals surface area contributed by atoms with Gasteiger partial charge in [0, 0.05) is 16.3 Å². The average molecular weight is 389 g/mol. The molecular weight excluding hydrogens is 374 g/mol. The molecule has 3 aromatic rings. The van der Waals surface area contributed by atoms with Gasteiger partial charge in [-0.05, 0) is 29.6 Å². The molecule has 6 nitrogen and oxygen atoms in total. The van der Waals surface area contributed by atoms with E-state index in [1.54, 1.807) is 11.3 Å². The minimum atomic E-state index is -0.561. The van der Waals surface area contributed by atoms with Crippen LogP contribution in [-0.4, -0.2) is 31.1 Å². The molecule has 0 spiro atoms. The Bertz CT molecular complexity index is 883. The maximum atomic E-state index is 11.8. The zero-order valence-electron chi connectivity index (χ0n) is 14.1. The number of thiazole rings is 1. The molecule has 26 heavy (non-hydrogen) atoms. The largest absolute Gasteiger partial charge is 0.487 e. The van der Waals surface area contributed by atoms with Gasteiger partial charge in [0.15, 0.2) is 0 Å². The number of hydrogen-bond donors (Lipinski definition) is 0. The second-order valence-electron chi connectivity index (χ2n) is 5.17. The van der Waals surface area contributed by atoms with Gasteiger partial charge in [0.1, 0.15) is 17.4 Å². The van der Waals surface area contributed by atoms with E-state index in [4.69, 9.17) is 14.2 Å². The van der Waals surface area contributed by atoms with Crippen LogP contribution in [-0.2, 0) is 16.1 Å². The topological polar surface area (TPSA) is 74.7 Å². The lowest BCUT2D eigenvalue weighted by molar-refractivity contribution is 0.0598. The number of aromatic nitrogens is 1. The Morgan fingerprint density at radius 1 is 1.04 bits per heavy atom. The number of hydrogen-bond acceptors (Lipinski definition) is 8. The fraction of sp³-hybridized carbons (Fsp3) is 0.167. The fourth-order valence-electron chi connectivity index (χ4n) is 2.20. The SMILES string of the molecule is COC(=O)c1cc(OCc2csc(-c3ccsc3)n2)cc(C(=O)OC)c1. The third kappa shape index (κ3) is 4.09. The first-order valence-corrected chi connectivity index (χ1v) is 9.34. The monoisotopic (exact) mass is 389 g/mol. The minimum absolute atomic E-state index is 0.211. The van der Waals surface area contributed by atoms with Crippen molar-refractivity contribution in [2.75, 3.05) is 14.2 Å². The van der Waals surface area contributed by atoms with Crippen LogP contribution in [0.3, 0.4) is 0 Å². The number of nitrogens with zero attached hydrogens (tertiary/aromatic N) is 1. The number of methoxy groups -OCH3 is 2. The van der Waals surface area contributed by atoms with E-state index in [9.17, 15) is 9.59 Å². The van der Waals surface area contributed by atoms with Crippen molar-refractivity contribution in [3.05, 3.63) is 57.2 Å². The maximum Gasteiger partial charge on any atom is 0.338 e. The molecule has 0 aliphatic rings. The number of ether oxygens (including phenoxy) is 3. The Morgan fingerprint density at radius 2 is 1.73 bits per heavy atom. The summed E-state index contributed by atoms with van der Waals surface area (Å²) in [4.78, 5) is 28.1. The molecule has 0 bridgehead atoms. The van der Waals surface area contributed by atoms with Crippen LogP contribution in [0.2, 0.25) is 0 Å². The smallest absolute Gasteiger partial charge is 0.338 e. The summed E-state index contributed by atoms with van der Waals surface area (Å²) in [6, 6.07) is 6.45. The molecule has 0 unspecified atom stereocenters. The minimum Gasteiger partial charge on any atom is -0.487 e. The molecule has 0 saturated heterocycles. The molecule has 0 radical (unpaired) electrons. The van der Waals surface area contributed by atoms with Gasteiger partial charge in [0.2, 0.25) is 0 Å². The van der Waals surface area contributed by atoms with Crippen molar-refractivity contribution < 1.29 is 23.8 Å². The summed E-state index contributed by atoms with van der Waals surface area (Å²) in [5, 5.41) is 6.87. The summed E-state index contributed by atoms with van der Waals surface area (Å²) in [7, 11) is 2.55. The number of benzene rings is 1. The van der Waals surface area contributed by atoms with Crippen molar-refractivity contribution in [1.29, 1.82) is 0 Å².